The monoisotopic (exact) mass is 360 g/mol. The number of thioether (sulfide) groups is 1. The third kappa shape index (κ3) is 4.63. The van der Waals surface area contributed by atoms with Crippen molar-refractivity contribution in [3.63, 3.8) is 0 Å². The Morgan fingerprint density at radius 1 is 1.08 bits per heavy atom. The average molecular weight is 360 g/mol. The van der Waals surface area contributed by atoms with Crippen LogP contribution in [0.3, 0.4) is 0 Å². The minimum atomic E-state index is -0.129. The van der Waals surface area contributed by atoms with Crippen molar-refractivity contribution in [2.24, 2.45) is 0 Å². The second-order valence-corrected chi connectivity index (χ2v) is 7.55. The molecule has 3 amide bonds. The molecule has 2 saturated heterocycles. The van der Waals surface area contributed by atoms with Crippen molar-refractivity contribution in [1.82, 2.24) is 9.80 Å². The lowest BCUT2D eigenvalue weighted by molar-refractivity contribution is -0.133. The maximum absolute atomic E-state index is 12.3. The van der Waals surface area contributed by atoms with Crippen LogP contribution in [0.15, 0.2) is 30.3 Å². The lowest BCUT2D eigenvalue weighted by atomic mass is 10.0. The number of hydrogen-bond donors (Lipinski definition) is 0. The molecule has 3 rings (SSSR count). The van der Waals surface area contributed by atoms with Crippen molar-refractivity contribution in [1.29, 1.82) is 0 Å². The maximum Gasteiger partial charge on any atom is 0.289 e. The molecule has 0 N–H and O–H groups in total. The second-order valence-electron chi connectivity index (χ2n) is 6.62. The van der Waals surface area contributed by atoms with Gasteiger partial charge in [0, 0.05) is 25.6 Å². The van der Waals surface area contributed by atoms with Crippen molar-refractivity contribution in [2.75, 3.05) is 18.8 Å². The zero-order valence-electron chi connectivity index (χ0n) is 14.4. The standard InChI is InChI=1S/C19H24N2O3S/c22-17(9-5-4-8-15-6-2-1-3-7-15)20-12-10-16(11-13-20)21-18(23)14-25-19(21)24/h1-3,6-7,16H,4-5,8-14H2. The Morgan fingerprint density at radius 2 is 1.80 bits per heavy atom. The molecule has 0 saturated carbocycles. The van der Waals surface area contributed by atoms with E-state index in [1.807, 2.05) is 23.1 Å². The summed E-state index contributed by atoms with van der Waals surface area (Å²) in [6, 6.07) is 10.3. The molecule has 5 nitrogen and oxygen atoms in total. The van der Waals surface area contributed by atoms with Gasteiger partial charge in [-0.1, -0.05) is 42.1 Å². The molecule has 0 bridgehead atoms. The number of carbonyl (C=O) groups excluding carboxylic acids is 3. The quantitative estimate of drug-likeness (QED) is 0.732. The third-order valence-corrected chi connectivity index (χ3v) is 5.75. The normalized spacial score (nSPS) is 18.9. The van der Waals surface area contributed by atoms with Gasteiger partial charge in [0.05, 0.1) is 5.75 Å². The number of imide groups is 1. The molecule has 25 heavy (non-hydrogen) atoms. The molecule has 0 atom stereocenters. The van der Waals surface area contributed by atoms with Gasteiger partial charge in [-0.05, 0) is 37.7 Å². The third-order valence-electron chi connectivity index (χ3n) is 4.92. The number of piperidine rings is 1. The molecular formula is C19H24N2O3S. The van der Waals surface area contributed by atoms with Crippen LogP contribution in [0.2, 0.25) is 0 Å². The first-order chi connectivity index (χ1) is 12.1. The van der Waals surface area contributed by atoms with Crippen molar-refractivity contribution >= 4 is 28.8 Å². The molecule has 6 heteroatoms. The maximum atomic E-state index is 12.3. The van der Waals surface area contributed by atoms with Gasteiger partial charge in [0.2, 0.25) is 11.8 Å². The minimum Gasteiger partial charge on any atom is -0.343 e. The van der Waals surface area contributed by atoms with Crippen LogP contribution in [0.5, 0.6) is 0 Å². The summed E-state index contributed by atoms with van der Waals surface area (Å²) in [5.41, 5.74) is 1.31. The van der Waals surface area contributed by atoms with Gasteiger partial charge in [0.1, 0.15) is 0 Å². The fourth-order valence-electron chi connectivity index (χ4n) is 3.50. The fourth-order valence-corrected chi connectivity index (χ4v) is 4.27. The average Bonchev–Trinajstić information content (AvgIpc) is 2.98. The summed E-state index contributed by atoms with van der Waals surface area (Å²) in [6.07, 6.45) is 4.90. The number of carbonyl (C=O) groups is 3. The second kappa shape index (κ2) is 8.52. The van der Waals surface area contributed by atoms with E-state index in [1.165, 1.54) is 10.5 Å². The van der Waals surface area contributed by atoms with E-state index in [4.69, 9.17) is 0 Å². The predicted molar refractivity (Wildman–Crippen MR) is 98.3 cm³/mol. The van der Waals surface area contributed by atoms with E-state index in [2.05, 4.69) is 12.1 Å². The summed E-state index contributed by atoms with van der Waals surface area (Å²) in [5.74, 6) is 0.375. The van der Waals surface area contributed by atoms with Gasteiger partial charge < -0.3 is 4.90 Å². The highest BCUT2D eigenvalue weighted by atomic mass is 32.2. The van der Waals surface area contributed by atoms with E-state index in [9.17, 15) is 14.4 Å². The summed E-state index contributed by atoms with van der Waals surface area (Å²) < 4.78 is 0. The first-order valence-corrected chi connectivity index (χ1v) is 9.94. The number of unbranched alkanes of at least 4 members (excludes halogenated alkanes) is 1. The van der Waals surface area contributed by atoms with Crippen LogP contribution in [0.4, 0.5) is 4.79 Å². The molecule has 0 aromatic heterocycles. The van der Waals surface area contributed by atoms with Crippen molar-refractivity contribution in [3.05, 3.63) is 35.9 Å². The smallest absolute Gasteiger partial charge is 0.289 e. The first kappa shape index (κ1) is 18.0. The van der Waals surface area contributed by atoms with Crippen LogP contribution in [-0.4, -0.2) is 51.7 Å². The summed E-state index contributed by atoms with van der Waals surface area (Å²) in [5, 5.41) is -0.129. The van der Waals surface area contributed by atoms with Gasteiger partial charge in [-0.3, -0.25) is 19.3 Å². The van der Waals surface area contributed by atoms with Crippen LogP contribution in [-0.2, 0) is 16.0 Å². The van der Waals surface area contributed by atoms with Crippen LogP contribution < -0.4 is 0 Å². The largest absolute Gasteiger partial charge is 0.343 e. The number of rotatable bonds is 6. The van der Waals surface area contributed by atoms with Gasteiger partial charge in [-0.25, -0.2) is 0 Å². The van der Waals surface area contributed by atoms with E-state index < -0.39 is 0 Å². The highest BCUT2D eigenvalue weighted by Crippen LogP contribution is 2.26. The van der Waals surface area contributed by atoms with Crippen molar-refractivity contribution < 1.29 is 14.4 Å². The molecule has 1 aromatic carbocycles. The van der Waals surface area contributed by atoms with E-state index >= 15 is 0 Å². The Morgan fingerprint density at radius 3 is 2.44 bits per heavy atom. The Bertz CT molecular complexity index is 611. The number of hydrogen-bond acceptors (Lipinski definition) is 4. The van der Waals surface area contributed by atoms with Gasteiger partial charge in [-0.2, -0.15) is 0 Å². The molecule has 1 aromatic rings. The zero-order valence-corrected chi connectivity index (χ0v) is 15.2. The number of likely N-dealkylation sites (tertiary alicyclic amines) is 1. The Labute approximate surface area is 152 Å². The molecule has 0 radical (unpaired) electrons. The Kier molecular flexibility index (Phi) is 6.13. The number of aryl methyl sites for hydroxylation is 1. The van der Waals surface area contributed by atoms with Crippen LogP contribution in [0.25, 0.3) is 0 Å². The molecule has 0 aliphatic carbocycles. The van der Waals surface area contributed by atoms with E-state index in [0.29, 0.717) is 32.4 Å². The van der Waals surface area contributed by atoms with E-state index in [0.717, 1.165) is 31.0 Å². The molecule has 2 heterocycles. The van der Waals surface area contributed by atoms with Gasteiger partial charge >= 0.3 is 0 Å². The van der Waals surface area contributed by atoms with Gasteiger partial charge in [0.15, 0.2) is 0 Å². The van der Waals surface area contributed by atoms with E-state index in [1.54, 1.807) is 0 Å². The summed E-state index contributed by atoms with van der Waals surface area (Å²) in [6.45, 7) is 1.29. The number of amides is 3. The first-order valence-electron chi connectivity index (χ1n) is 8.95. The highest BCUT2D eigenvalue weighted by Gasteiger charge is 2.37. The summed E-state index contributed by atoms with van der Waals surface area (Å²) >= 11 is 1.08. The van der Waals surface area contributed by atoms with Gasteiger partial charge in [0.25, 0.3) is 5.24 Å². The number of nitrogens with zero attached hydrogens (tertiary/aromatic N) is 2. The summed E-state index contributed by atoms with van der Waals surface area (Å²) in [4.78, 5) is 39.2. The lowest BCUT2D eigenvalue weighted by Crippen LogP contribution is -2.48. The number of benzene rings is 1. The zero-order chi connectivity index (χ0) is 17.6. The molecule has 2 aliphatic heterocycles. The predicted octanol–water partition coefficient (Wildman–Crippen LogP) is 3.09. The highest BCUT2D eigenvalue weighted by molar-refractivity contribution is 8.14. The Hall–Kier alpha value is -1.82. The molecule has 0 spiro atoms. The topological polar surface area (TPSA) is 57.7 Å². The Balaban J connectivity index is 1.37. The van der Waals surface area contributed by atoms with Crippen molar-refractivity contribution in [3.8, 4) is 0 Å². The SMILES string of the molecule is O=C(CCCCc1ccccc1)N1CCC(N2C(=O)CSC2=O)CC1. The molecule has 2 aliphatic rings. The van der Waals surface area contributed by atoms with Crippen LogP contribution >= 0.6 is 11.8 Å². The molecule has 134 valence electrons. The summed E-state index contributed by atoms with van der Waals surface area (Å²) in [7, 11) is 0. The van der Waals surface area contributed by atoms with Gasteiger partial charge in [-0.15, -0.1) is 0 Å². The lowest BCUT2D eigenvalue weighted by Gasteiger charge is -2.35. The molecule has 0 unspecified atom stereocenters. The molecular weight excluding hydrogens is 336 g/mol. The minimum absolute atomic E-state index is 0.0304. The van der Waals surface area contributed by atoms with Crippen LogP contribution in [0.1, 0.15) is 37.7 Å². The van der Waals surface area contributed by atoms with Crippen LogP contribution in [0, 0.1) is 0 Å². The van der Waals surface area contributed by atoms with Crippen molar-refractivity contribution in [2.45, 2.75) is 44.6 Å². The molecule has 2 fully saturated rings. The van der Waals surface area contributed by atoms with E-state index in [-0.39, 0.29) is 28.8 Å². The fraction of sp³-hybridized carbons (Fsp3) is 0.526.